The zero-order valence-electron chi connectivity index (χ0n) is 13.1. The van der Waals surface area contributed by atoms with Crippen molar-refractivity contribution in [2.75, 3.05) is 0 Å². The molecule has 0 aromatic heterocycles. The smallest absolute Gasteiger partial charge is 0.0215 e. The van der Waals surface area contributed by atoms with Crippen LogP contribution in [0.2, 0.25) is 0 Å². The van der Waals surface area contributed by atoms with Gasteiger partial charge >= 0.3 is 0 Å². The van der Waals surface area contributed by atoms with E-state index in [2.05, 4.69) is 66.0 Å². The molecule has 0 saturated heterocycles. The number of benzene rings is 3. The first-order valence-corrected chi connectivity index (χ1v) is 8.45. The standard InChI is InChI=1S/C22H19N/c1-3-7-19-15(5-1)9-11-17-13-23-14-18-12-10-16-6-2-4-8-20(16)22(18)21(17)19/h1-3,5-7,9-12,23H,4,8,13-14H2. The lowest BCUT2D eigenvalue weighted by atomic mass is 9.83. The molecule has 1 N–H and O–H groups in total. The average molecular weight is 297 g/mol. The largest absolute Gasteiger partial charge is 0.309 e. The molecule has 0 atom stereocenters. The van der Waals surface area contributed by atoms with E-state index in [9.17, 15) is 0 Å². The van der Waals surface area contributed by atoms with Crippen molar-refractivity contribution < 1.29 is 0 Å². The van der Waals surface area contributed by atoms with E-state index < -0.39 is 0 Å². The topological polar surface area (TPSA) is 12.0 Å². The Morgan fingerprint density at radius 2 is 1.61 bits per heavy atom. The van der Waals surface area contributed by atoms with Crippen molar-refractivity contribution in [3.8, 4) is 11.1 Å². The first kappa shape index (κ1) is 13.1. The van der Waals surface area contributed by atoms with E-state index in [1.165, 1.54) is 44.2 Å². The molecule has 1 heteroatoms. The van der Waals surface area contributed by atoms with Crippen LogP contribution in [-0.4, -0.2) is 0 Å². The number of rotatable bonds is 0. The van der Waals surface area contributed by atoms with Crippen molar-refractivity contribution in [2.45, 2.75) is 25.9 Å². The van der Waals surface area contributed by atoms with Crippen LogP contribution < -0.4 is 5.32 Å². The summed E-state index contributed by atoms with van der Waals surface area (Å²) in [4.78, 5) is 0. The van der Waals surface area contributed by atoms with Crippen LogP contribution in [0.1, 0.15) is 28.7 Å². The second-order valence-electron chi connectivity index (χ2n) is 6.53. The van der Waals surface area contributed by atoms with Gasteiger partial charge in [0.15, 0.2) is 0 Å². The lowest BCUT2D eigenvalue weighted by Gasteiger charge is -2.21. The molecule has 0 amide bonds. The molecule has 0 spiro atoms. The highest BCUT2D eigenvalue weighted by atomic mass is 14.9. The second kappa shape index (κ2) is 5.07. The predicted octanol–water partition coefficient (Wildman–Crippen LogP) is 5.07. The molecular formula is C22H19N. The fourth-order valence-corrected chi connectivity index (χ4v) is 4.13. The van der Waals surface area contributed by atoms with Crippen LogP contribution in [-0.2, 0) is 19.5 Å². The normalized spacial score (nSPS) is 15.7. The van der Waals surface area contributed by atoms with Crippen molar-refractivity contribution >= 4 is 16.8 Å². The first-order valence-electron chi connectivity index (χ1n) is 8.45. The Morgan fingerprint density at radius 1 is 0.783 bits per heavy atom. The molecule has 0 saturated carbocycles. The summed E-state index contributed by atoms with van der Waals surface area (Å²) in [6.45, 7) is 1.90. The van der Waals surface area contributed by atoms with Gasteiger partial charge in [0.1, 0.15) is 0 Å². The van der Waals surface area contributed by atoms with Gasteiger partial charge in [0, 0.05) is 13.1 Å². The van der Waals surface area contributed by atoms with Crippen LogP contribution in [0.4, 0.5) is 0 Å². The maximum atomic E-state index is 3.61. The van der Waals surface area contributed by atoms with Crippen LogP contribution in [0.15, 0.2) is 54.6 Å². The molecule has 23 heavy (non-hydrogen) atoms. The lowest BCUT2D eigenvalue weighted by Crippen LogP contribution is -2.10. The van der Waals surface area contributed by atoms with Crippen molar-refractivity contribution in [3.63, 3.8) is 0 Å². The van der Waals surface area contributed by atoms with Gasteiger partial charge in [0.05, 0.1) is 0 Å². The van der Waals surface area contributed by atoms with E-state index in [0.717, 1.165) is 25.9 Å². The van der Waals surface area contributed by atoms with Gasteiger partial charge < -0.3 is 5.32 Å². The van der Waals surface area contributed by atoms with Crippen LogP contribution >= 0.6 is 0 Å². The predicted molar refractivity (Wildman–Crippen MR) is 97.3 cm³/mol. The zero-order chi connectivity index (χ0) is 15.2. The molecule has 1 heterocycles. The Hall–Kier alpha value is -2.38. The lowest BCUT2D eigenvalue weighted by molar-refractivity contribution is 0.703. The van der Waals surface area contributed by atoms with E-state index in [0.29, 0.717) is 0 Å². The molecule has 0 bridgehead atoms. The fraction of sp³-hybridized carbons (Fsp3) is 0.182. The molecule has 112 valence electrons. The van der Waals surface area contributed by atoms with Gasteiger partial charge in [-0.2, -0.15) is 0 Å². The van der Waals surface area contributed by atoms with E-state index >= 15 is 0 Å². The van der Waals surface area contributed by atoms with Gasteiger partial charge in [-0.1, -0.05) is 60.7 Å². The number of nitrogens with one attached hydrogen (secondary N) is 1. The van der Waals surface area contributed by atoms with E-state index in [4.69, 9.17) is 0 Å². The highest BCUT2D eigenvalue weighted by Gasteiger charge is 2.21. The average Bonchev–Trinajstić information content (AvgIpc) is 2.81. The van der Waals surface area contributed by atoms with Gasteiger partial charge in [0.2, 0.25) is 0 Å². The molecule has 3 aromatic carbocycles. The van der Waals surface area contributed by atoms with E-state index in [1.54, 1.807) is 0 Å². The summed E-state index contributed by atoms with van der Waals surface area (Å²) in [5, 5.41) is 6.34. The Balaban J connectivity index is 1.94. The second-order valence-corrected chi connectivity index (χ2v) is 6.53. The van der Waals surface area contributed by atoms with E-state index in [-0.39, 0.29) is 0 Å². The molecule has 0 unspecified atom stereocenters. The third-order valence-electron chi connectivity index (χ3n) is 5.19. The van der Waals surface area contributed by atoms with E-state index in [1.807, 2.05) is 0 Å². The highest BCUT2D eigenvalue weighted by molar-refractivity contribution is 6.00. The first-order chi connectivity index (χ1) is 11.4. The minimum atomic E-state index is 0.944. The SMILES string of the molecule is C1=Cc2ccc3c(c2CC1)-c1c(ccc2ccccc12)CNC3. The monoisotopic (exact) mass is 297 g/mol. The minimum absolute atomic E-state index is 0.944. The maximum Gasteiger partial charge on any atom is 0.0215 e. The Labute approximate surface area is 136 Å². The van der Waals surface area contributed by atoms with Gasteiger partial charge in [-0.3, -0.25) is 0 Å². The van der Waals surface area contributed by atoms with Gasteiger partial charge in [-0.15, -0.1) is 0 Å². The van der Waals surface area contributed by atoms with Crippen molar-refractivity contribution in [2.24, 2.45) is 0 Å². The number of fused-ring (bicyclic) bond motifs is 7. The number of allylic oxidation sites excluding steroid dienone is 1. The molecule has 1 nitrogen and oxygen atoms in total. The zero-order valence-corrected chi connectivity index (χ0v) is 13.1. The number of hydrogen-bond donors (Lipinski definition) is 1. The van der Waals surface area contributed by atoms with Crippen molar-refractivity contribution in [3.05, 3.63) is 76.9 Å². The molecule has 0 radical (unpaired) electrons. The summed E-state index contributed by atoms with van der Waals surface area (Å²) in [6.07, 6.45) is 6.89. The third kappa shape index (κ3) is 1.97. The summed E-state index contributed by atoms with van der Waals surface area (Å²) < 4.78 is 0. The minimum Gasteiger partial charge on any atom is -0.309 e. The van der Waals surface area contributed by atoms with Crippen molar-refractivity contribution in [1.82, 2.24) is 5.32 Å². The van der Waals surface area contributed by atoms with Gasteiger partial charge in [0.25, 0.3) is 0 Å². The summed E-state index contributed by atoms with van der Waals surface area (Å²) in [7, 11) is 0. The quantitative estimate of drug-likeness (QED) is 0.611. The summed E-state index contributed by atoms with van der Waals surface area (Å²) in [6, 6.07) is 18.0. The van der Waals surface area contributed by atoms with Crippen LogP contribution in [0.25, 0.3) is 28.0 Å². The maximum absolute atomic E-state index is 3.61. The fourth-order valence-electron chi connectivity index (χ4n) is 4.13. The van der Waals surface area contributed by atoms with Crippen LogP contribution in [0, 0.1) is 0 Å². The molecule has 1 aliphatic heterocycles. The summed E-state index contributed by atoms with van der Waals surface area (Å²) in [5.74, 6) is 0. The van der Waals surface area contributed by atoms with Crippen LogP contribution in [0.5, 0.6) is 0 Å². The van der Waals surface area contributed by atoms with Gasteiger partial charge in [-0.05, 0) is 57.0 Å². The van der Waals surface area contributed by atoms with Crippen LogP contribution in [0.3, 0.4) is 0 Å². The summed E-state index contributed by atoms with van der Waals surface area (Å²) >= 11 is 0. The Morgan fingerprint density at radius 3 is 2.57 bits per heavy atom. The molecular weight excluding hydrogens is 278 g/mol. The van der Waals surface area contributed by atoms with Gasteiger partial charge in [-0.25, -0.2) is 0 Å². The Bertz CT molecular complexity index is 950. The third-order valence-corrected chi connectivity index (χ3v) is 5.19. The van der Waals surface area contributed by atoms with Crippen molar-refractivity contribution in [1.29, 1.82) is 0 Å². The molecule has 1 aliphatic carbocycles. The number of hydrogen-bond acceptors (Lipinski definition) is 1. The molecule has 5 rings (SSSR count). The summed E-state index contributed by atoms with van der Waals surface area (Å²) in [5.41, 5.74) is 8.74. The molecule has 2 aliphatic rings. The highest BCUT2D eigenvalue weighted by Crippen LogP contribution is 2.41. The molecule has 0 fully saturated rings. The Kier molecular flexibility index (Phi) is 2.89. The molecule has 3 aromatic rings.